The number of rotatable bonds is 7. The Hall–Kier alpha value is -1.38. The Balaban J connectivity index is 3.31. The molecule has 1 N–H and O–H groups in total. The summed E-state index contributed by atoms with van der Waals surface area (Å²) in [6.45, 7) is 4.06. The van der Waals surface area contributed by atoms with Crippen LogP contribution in [0.5, 0.6) is 11.5 Å². The van der Waals surface area contributed by atoms with Crippen LogP contribution in [0.3, 0.4) is 0 Å². The smallest absolute Gasteiger partial charge is 0.161 e. The molecule has 0 saturated heterocycles. The molecule has 110 valence electrons. The first-order valence-corrected chi connectivity index (χ1v) is 7.42. The summed E-state index contributed by atoms with van der Waals surface area (Å²) in [6, 6.07) is 7.94. The van der Waals surface area contributed by atoms with E-state index in [2.05, 4.69) is 6.07 Å². The lowest BCUT2D eigenvalue weighted by atomic mass is 9.88. The van der Waals surface area contributed by atoms with E-state index in [1.54, 1.807) is 14.2 Å². The average Bonchev–Trinajstić information content (AvgIpc) is 2.47. The minimum absolute atomic E-state index is 0.0497. The maximum absolute atomic E-state index is 9.69. The van der Waals surface area contributed by atoms with E-state index in [4.69, 9.17) is 14.6 Å². The Labute approximate surface area is 124 Å². The van der Waals surface area contributed by atoms with Gasteiger partial charge in [-0.05, 0) is 23.6 Å². The van der Waals surface area contributed by atoms with Gasteiger partial charge < -0.3 is 14.6 Å². The SMILES string of the molecule is COc1ccc(C(C#N)(SCCO)C(C)C)cc1OC. The third kappa shape index (κ3) is 3.20. The lowest BCUT2D eigenvalue weighted by Crippen LogP contribution is -2.27. The number of aliphatic hydroxyl groups is 1. The van der Waals surface area contributed by atoms with Gasteiger partial charge in [-0.2, -0.15) is 5.26 Å². The van der Waals surface area contributed by atoms with E-state index in [0.717, 1.165) is 5.56 Å². The zero-order valence-corrected chi connectivity index (χ0v) is 13.2. The summed E-state index contributed by atoms with van der Waals surface area (Å²) in [7, 11) is 3.16. The standard InChI is InChI=1S/C15H21NO3S/c1-11(2)15(10-16,20-8-7-17)12-5-6-13(18-3)14(9-12)19-4/h5-6,9,11,17H,7-8H2,1-4H3. The van der Waals surface area contributed by atoms with Crippen molar-refractivity contribution in [1.29, 1.82) is 5.26 Å². The van der Waals surface area contributed by atoms with Gasteiger partial charge in [-0.1, -0.05) is 19.9 Å². The second-order valence-electron chi connectivity index (χ2n) is 4.64. The zero-order valence-electron chi connectivity index (χ0n) is 12.3. The molecule has 0 spiro atoms. The lowest BCUT2D eigenvalue weighted by molar-refractivity contribution is 0.322. The van der Waals surface area contributed by atoms with E-state index < -0.39 is 4.75 Å². The van der Waals surface area contributed by atoms with Crippen molar-refractivity contribution in [3.05, 3.63) is 23.8 Å². The van der Waals surface area contributed by atoms with Gasteiger partial charge in [0.05, 0.1) is 26.9 Å². The van der Waals surface area contributed by atoms with Gasteiger partial charge in [0.15, 0.2) is 11.5 Å². The molecule has 0 saturated carbocycles. The van der Waals surface area contributed by atoms with Crippen molar-refractivity contribution in [2.45, 2.75) is 18.6 Å². The van der Waals surface area contributed by atoms with E-state index in [1.165, 1.54) is 11.8 Å². The number of hydrogen-bond donors (Lipinski definition) is 1. The normalized spacial score (nSPS) is 13.7. The molecule has 0 fully saturated rings. The quantitative estimate of drug-likeness (QED) is 0.838. The number of aliphatic hydroxyl groups excluding tert-OH is 1. The molecule has 0 aliphatic heterocycles. The molecule has 1 atom stereocenters. The monoisotopic (exact) mass is 295 g/mol. The summed E-state index contributed by atoms with van der Waals surface area (Å²) in [5.41, 5.74) is 0.867. The van der Waals surface area contributed by atoms with Gasteiger partial charge in [0.25, 0.3) is 0 Å². The van der Waals surface area contributed by atoms with Crippen molar-refractivity contribution < 1.29 is 14.6 Å². The molecule has 0 aliphatic rings. The number of nitrogens with zero attached hydrogens (tertiary/aromatic N) is 1. The molecular formula is C15H21NO3S. The first-order valence-electron chi connectivity index (χ1n) is 6.44. The van der Waals surface area contributed by atoms with Crippen molar-refractivity contribution in [2.75, 3.05) is 26.6 Å². The topological polar surface area (TPSA) is 62.5 Å². The van der Waals surface area contributed by atoms with Crippen LogP contribution in [-0.2, 0) is 4.75 Å². The van der Waals surface area contributed by atoms with Crippen LogP contribution in [0.1, 0.15) is 19.4 Å². The maximum atomic E-state index is 9.69. The number of nitriles is 1. The maximum Gasteiger partial charge on any atom is 0.161 e. The summed E-state index contributed by atoms with van der Waals surface area (Å²) in [5.74, 6) is 1.86. The van der Waals surface area contributed by atoms with Gasteiger partial charge in [-0.3, -0.25) is 0 Å². The number of thioether (sulfide) groups is 1. The summed E-state index contributed by atoms with van der Waals surface area (Å²) < 4.78 is 9.83. The predicted octanol–water partition coefficient (Wildman–Crippen LogP) is 2.80. The highest BCUT2D eigenvalue weighted by Gasteiger charge is 2.37. The Morgan fingerprint density at radius 2 is 1.95 bits per heavy atom. The van der Waals surface area contributed by atoms with Crippen molar-refractivity contribution >= 4 is 11.8 Å². The van der Waals surface area contributed by atoms with E-state index in [1.807, 2.05) is 32.0 Å². The summed E-state index contributed by atoms with van der Waals surface area (Å²) >= 11 is 1.46. The Morgan fingerprint density at radius 1 is 1.30 bits per heavy atom. The Morgan fingerprint density at radius 3 is 2.40 bits per heavy atom. The van der Waals surface area contributed by atoms with E-state index in [-0.39, 0.29) is 12.5 Å². The molecule has 20 heavy (non-hydrogen) atoms. The molecule has 0 amide bonds. The first-order chi connectivity index (χ1) is 9.55. The van der Waals surface area contributed by atoms with Crippen LogP contribution in [-0.4, -0.2) is 31.7 Å². The van der Waals surface area contributed by atoms with E-state index in [9.17, 15) is 5.26 Å². The van der Waals surface area contributed by atoms with Crippen LogP contribution in [0.4, 0.5) is 0 Å². The molecule has 1 rings (SSSR count). The van der Waals surface area contributed by atoms with Gasteiger partial charge in [-0.25, -0.2) is 0 Å². The first kappa shape index (κ1) is 16.7. The van der Waals surface area contributed by atoms with Gasteiger partial charge in [-0.15, -0.1) is 11.8 Å². The number of benzene rings is 1. The second kappa shape index (κ2) is 7.41. The van der Waals surface area contributed by atoms with Gasteiger partial charge in [0, 0.05) is 5.75 Å². The molecule has 0 aromatic heterocycles. The molecular weight excluding hydrogens is 274 g/mol. The molecule has 0 heterocycles. The number of hydrogen-bond acceptors (Lipinski definition) is 5. The summed E-state index contributed by atoms with van der Waals surface area (Å²) in [4.78, 5) is 0. The van der Waals surface area contributed by atoms with Crippen molar-refractivity contribution in [3.8, 4) is 17.6 Å². The average molecular weight is 295 g/mol. The molecule has 4 nitrogen and oxygen atoms in total. The summed E-state index contributed by atoms with van der Waals surface area (Å²) in [5, 5.41) is 18.8. The fraction of sp³-hybridized carbons (Fsp3) is 0.533. The van der Waals surface area contributed by atoms with Crippen molar-refractivity contribution in [1.82, 2.24) is 0 Å². The van der Waals surface area contributed by atoms with Gasteiger partial charge >= 0.3 is 0 Å². The van der Waals surface area contributed by atoms with Crippen LogP contribution in [0.2, 0.25) is 0 Å². The minimum atomic E-state index is -0.706. The van der Waals surface area contributed by atoms with Crippen LogP contribution >= 0.6 is 11.8 Å². The molecule has 5 heteroatoms. The van der Waals surface area contributed by atoms with Crippen molar-refractivity contribution in [3.63, 3.8) is 0 Å². The Kier molecular flexibility index (Phi) is 6.18. The molecule has 0 radical (unpaired) electrons. The predicted molar refractivity (Wildman–Crippen MR) is 81.2 cm³/mol. The third-order valence-electron chi connectivity index (χ3n) is 3.21. The van der Waals surface area contributed by atoms with E-state index >= 15 is 0 Å². The minimum Gasteiger partial charge on any atom is -0.493 e. The van der Waals surface area contributed by atoms with Crippen LogP contribution in [0.15, 0.2) is 18.2 Å². The van der Waals surface area contributed by atoms with E-state index in [0.29, 0.717) is 17.3 Å². The molecule has 1 aromatic rings. The van der Waals surface area contributed by atoms with Gasteiger partial charge in [0.1, 0.15) is 4.75 Å². The van der Waals surface area contributed by atoms with Gasteiger partial charge in [0.2, 0.25) is 0 Å². The molecule has 1 aromatic carbocycles. The van der Waals surface area contributed by atoms with Crippen LogP contribution in [0, 0.1) is 17.2 Å². The molecule has 0 bridgehead atoms. The van der Waals surface area contributed by atoms with Crippen LogP contribution in [0.25, 0.3) is 0 Å². The summed E-state index contributed by atoms with van der Waals surface area (Å²) in [6.07, 6.45) is 0. The highest BCUT2D eigenvalue weighted by molar-refractivity contribution is 8.00. The fourth-order valence-corrected chi connectivity index (χ4v) is 3.19. The lowest BCUT2D eigenvalue weighted by Gasteiger charge is -2.31. The third-order valence-corrected chi connectivity index (χ3v) is 4.85. The number of methoxy groups -OCH3 is 2. The highest BCUT2D eigenvalue weighted by atomic mass is 32.2. The van der Waals surface area contributed by atoms with Crippen LogP contribution < -0.4 is 9.47 Å². The zero-order chi connectivity index (χ0) is 15.2. The molecule has 0 aliphatic carbocycles. The highest BCUT2D eigenvalue weighted by Crippen LogP contribution is 2.44. The number of ether oxygens (including phenoxy) is 2. The van der Waals surface area contributed by atoms with Crippen molar-refractivity contribution in [2.24, 2.45) is 5.92 Å². The molecule has 1 unspecified atom stereocenters. The Bertz CT molecular complexity index is 484. The second-order valence-corrected chi connectivity index (χ2v) is 5.98. The fourth-order valence-electron chi connectivity index (χ4n) is 2.08. The largest absolute Gasteiger partial charge is 0.493 e.